The Morgan fingerprint density at radius 2 is 0.841 bits per heavy atom. The van der Waals surface area contributed by atoms with Crippen molar-refractivity contribution in [1.82, 2.24) is 63.7 Å². The normalized spacial score (nSPS) is 18.0. The van der Waals surface area contributed by atoms with E-state index in [2.05, 4.69) is 307 Å². The van der Waals surface area contributed by atoms with E-state index < -0.39 is 0 Å². The molecule has 5 saturated heterocycles. The van der Waals surface area contributed by atoms with Gasteiger partial charge in [-0.2, -0.15) is 0 Å². The van der Waals surface area contributed by atoms with Crippen molar-refractivity contribution in [2.75, 3.05) is 244 Å². The average molecular weight is 1260 g/mol. The standard InChI is InChI=1S/C10H24N2O.C9H21N2.C9H22N2.C9H17N.C8H17N.2C7H16N2.C7H17N.C6H13NO/c1-10(2,3)7-12(6)9-13-8-11(4)5;1-9(2,3)6-10-7-11(4,5)8-10;1-9(2,3)7-11(6)8-10(4)5;1-9(2,3)7-6-8-10(4)5;3*1-7(2)4-9-5-8(3)6-9;1-7(2,3)6-8(4)5;1-6(2)3-7-4-8-5-7/h7-9H2,1-6H3;6-8H2,1-5H3;7-8H2,1-6H3;8H2,1-5H3;7-8H,4-6H2,1-3H3;2*7H,4-6H2,1-3H3;6H2,1-5H3;6H,3-5H2,1-2H3/q;+1;;;;;;;. The highest BCUT2D eigenvalue weighted by Gasteiger charge is 2.35. The van der Waals surface area contributed by atoms with E-state index >= 15 is 0 Å². The number of rotatable bonds is 19. The third-order valence-electron chi connectivity index (χ3n) is 12.1. The van der Waals surface area contributed by atoms with Crippen LogP contribution in [0, 0.1) is 68.5 Å². The van der Waals surface area contributed by atoms with Gasteiger partial charge in [0, 0.05) is 77.5 Å². The average Bonchev–Trinajstić information content (AvgIpc) is 3.20. The van der Waals surface area contributed by atoms with Gasteiger partial charge >= 0.3 is 0 Å². The molecule has 16 nitrogen and oxygen atoms in total. The molecule has 5 fully saturated rings. The highest BCUT2D eigenvalue weighted by molar-refractivity contribution is 5.08. The lowest BCUT2D eigenvalue weighted by Gasteiger charge is -2.48. The van der Waals surface area contributed by atoms with Crippen LogP contribution in [0.2, 0.25) is 0 Å². The summed E-state index contributed by atoms with van der Waals surface area (Å²) < 4.78 is 11.6. The monoisotopic (exact) mass is 1260 g/mol. The second kappa shape index (κ2) is 46.9. The minimum absolute atomic E-state index is 0.149. The van der Waals surface area contributed by atoms with Crippen LogP contribution < -0.4 is 0 Å². The van der Waals surface area contributed by atoms with Gasteiger partial charge < -0.3 is 23.8 Å². The summed E-state index contributed by atoms with van der Waals surface area (Å²) in [6.45, 7) is 78.2. The molecule has 0 aromatic heterocycles. The predicted octanol–water partition coefficient (Wildman–Crippen LogP) is 11.6. The number of likely N-dealkylation sites (tertiary alicyclic amines) is 1. The van der Waals surface area contributed by atoms with Crippen molar-refractivity contribution >= 4 is 0 Å². The Morgan fingerprint density at radius 3 is 1.08 bits per heavy atom. The van der Waals surface area contributed by atoms with Gasteiger partial charge in [-0.1, -0.05) is 157 Å². The molecule has 16 heteroatoms. The van der Waals surface area contributed by atoms with Gasteiger partial charge in [-0.15, -0.1) is 0 Å². The molecule has 5 heterocycles. The molecule has 0 bridgehead atoms. The van der Waals surface area contributed by atoms with Crippen molar-refractivity contribution in [2.24, 2.45) is 56.7 Å². The quantitative estimate of drug-likeness (QED) is 0.0700. The molecule has 0 radical (unpaired) electrons. The van der Waals surface area contributed by atoms with E-state index in [1.165, 1.54) is 59.2 Å². The SMILES string of the molecule is CC(C)(C)CN1C[N+](C)(C)C1.CC(C)CN1CC(C)C1.CC(C)CN1CN(C)C1.CC(C)CN1CN(C)C1.CC(C)CN1COC1.CN(C)CC#CC(C)(C)C.CN(C)CC(C)(C)C.CN(C)CN(C)CC(C)(C)C.CN(C)COCN(C)CC(C)(C)C. The summed E-state index contributed by atoms with van der Waals surface area (Å²) in [5.74, 6) is 10.5. The lowest BCUT2D eigenvalue weighted by atomic mass is 9.96. The van der Waals surface area contributed by atoms with Crippen LogP contribution in [0.5, 0.6) is 0 Å². The first kappa shape index (κ1) is 93.3. The third kappa shape index (κ3) is 70.8. The van der Waals surface area contributed by atoms with Gasteiger partial charge in [0.1, 0.15) is 40.3 Å². The van der Waals surface area contributed by atoms with E-state index in [0.717, 1.165) is 107 Å². The summed E-state index contributed by atoms with van der Waals surface area (Å²) in [4.78, 5) is 29.8. The molecule has 0 aliphatic carbocycles. The summed E-state index contributed by atoms with van der Waals surface area (Å²) in [6.07, 6.45) is 0. The summed E-state index contributed by atoms with van der Waals surface area (Å²) in [6, 6.07) is 0. The Morgan fingerprint density at radius 1 is 0.466 bits per heavy atom. The van der Waals surface area contributed by atoms with Gasteiger partial charge in [-0.05, 0) is 157 Å². The Balaban J connectivity index is -0.000000453. The van der Waals surface area contributed by atoms with Crippen molar-refractivity contribution in [3.8, 4) is 11.8 Å². The molecule has 88 heavy (non-hydrogen) atoms. The molecule has 0 aromatic carbocycles. The highest BCUT2D eigenvalue weighted by Crippen LogP contribution is 2.22. The number of hydrogen-bond acceptors (Lipinski definition) is 15. The van der Waals surface area contributed by atoms with Crippen LogP contribution in [0.1, 0.15) is 166 Å². The Hall–Kier alpha value is -1.08. The molecule has 5 aliphatic heterocycles. The van der Waals surface area contributed by atoms with Crippen molar-refractivity contribution < 1.29 is 14.0 Å². The van der Waals surface area contributed by atoms with Crippen LogP contribution in [-0.2, 0) is 9.47 Å². The second-order valence-corrected chi connectivity index (χ2v) is 36.3. The summed E-state index contributed by atoms with van der Waals surface area (Å²) in [5.41, 5.74) is 1.81. The van der Waals surface area contributed by atoms with Gasteiger partial charge in [-0.25, -0.2) is 4.90 Å². The fraction of sp³-hybridized carbons (Fsp3) is 0.972. The van der Waals surface area contributed by atoms with E-state index in [9.17, 15) is 0 Å². The van der Waals surface area contributed by atoms with Gasteiger partial charge in [0.25, 0.3) is 0 Å². The number of hydrogen-bond donors (Lipinski definition) is 0. The Bertz CT molecular complexity index is 1590. The van der Waals surface area contributed by atoms with Crippen LogP contribution in [-0.4, -0.2) is 312 Å². The fourth-order valence-corrected chi connectivity index (χ4v) is 10.7. The largest absolute Gasteiger partial charge is 0.351 e. The van der Waals surface area contributed by atoms with Crippen molar-refractivity contribution in [1.29, 1.82) is 0 Å². The number of ether oxygens (including phenoxy) is 2. The van der Waals surface area contributed by atoms with Crippen molar-refractivity contribution in [2.45, 2.75) is 166 Å². The van der Waals surface area contributed by atoms with E-state index in [-0.39, 0.29) is 5.41 Å². The highest BCUT2D eigenvalue weighted by atomic mass is 16.5. The maximum atomic E-state index is 5.45. The van der Waals surface area contributed by atoms with Crippen LogP contribution in [0.4, 0.5) is 0 Å². The van der Waals surface area contributed by atoms with E-state index in [4.69, 9.17) is 9.47 Å². The topological polar surface area (TPSA) is 60.6 Å². The molecule has 0 unspecified atom stereocenters. The van der Waals surface area contributed by atoms with E-state index in [1.54, 1.807) is 0 Å². The molecular formula is C72H163N14O2+. The molecule has 0 amide bonds. The molecule has 0 aromatic rings. The molecular weight excluding hydrogens is 1090 g/mol. The van der Waals surface area contributed by atoms with Crippen LogP contribution >= 0.6 is 0 Å². The summed E-state index contributed by atoms with van der Waals surface area (Å²) in [5, 5.41) is 0. The van der Waals surface area contributed by atoms with Crippen LogP contribution in [0.3, 0.4) is 0 Å². The van der Waals surface area contributed by atoms with Gasteiger partial charge in [0.05, 0.1) is 47.3 Å². The molecule has 0 atom stereocenters. The van der Waals surface area contributed by atoms with Crippen LogP contribution in [0.15, 0.2) is 0 Å². The van der Waals surface area contributed by atoms with E-state index in [0.29, 0.717) is 35.1 Å². The lowest BCUT2D eigenvalue weighted by Crippen LogP contribution is -2.65. The fourth-order valence-electron chi connectivity index (χ4n) is 10.7. The zero-order valence-corrected chi connectivity index (χ0v) is 67.0. The van der Waals surface area contributed by atoms with Gasteiger partial charge in [0.2, 0.25) is 0 Å². The maximum absolute atomic E-state index is 5.45. The first-order valence-corrected chi connectivity index (χ1v) is 34.0. The molecule has 532 valence electrons. The van der Waals surface area contributed by atoms with Crippen LogP contribution in [0.25, 0.3) is 0 Å². The minimum atomic E-state index is 0.149. The molecule has 0 N–H and O–H groups in total. The van der Waals surface area contributed by atoms with E-state index in [1.807, 2.05) is 33.1 Å². The Labute approximate surface area is 554 Å². The smallest absolute Gasteiger partial charge is 0.140 e. The molecule has 0 saturated carbocycles. The number of quaternary nitrogens is 1. The summed E-state index contributed by atoms with van der Waals surface area (Å²) >= 11 is 0. The van der Waals surface area contributed by atoms with Crippen molar-refractivity contribution in [3.63, 3.8) is 0 Å². The predicted molar refractivity (Wildman–Crippen MR) is 390 cm³/mol. The first-order valence-electron chi connectivity index (χ1n) is 34.0. The zero-order chi connectivity index (χ0) is 69.8. The first-order chi connectivity index (χ1) is 39.6. The zero-order valence-electron chi connectivity index (χ0n) is 67.0. The summed E-state index contributed by atoms with van der Waals surface area (Å²) in [7, 11) is 29.6. The van der Waals surface area contributed by atoms with Gasteiger partial charge in [-0.3, -0.25) is 49.0 Å². The minimum Gasteiger partial charge on any atom is -0.351 e. The molecule has 0 spiro atoms. The molecule has 5 aliphatic rings. The molecule has 5 rings (SSSR count). The van der Waals surface area contributed by atoms with Crippen molar-refractivity contribution in [3.05, 3.63) is 0 Å². The number of nitrogens with zero attached hydrogens (tertiary/aromatic N) is 14. The van der Waals surface area contributed by atoms with Gasteiger partial charge in [0.15, 0.2) is 0 Å². The third-order valence-corrected chi connectivity index (χ3v) is 12.1. The Kier molecular flexibility index (Phi) is 49.8. The second-order valence-electron chi connectivity index (χ2n) is 36.3. The lowest BCUT2D eigenvalue weighted by molar-refractivity contribution is -0.962. The maximum Gasteiger partial charge on any atom is 0.140 e.